The molecule has 1 spiro atoms. The summed E-state index contributed by atoms with van der Waals surface area (Å²) in [6.07, 6.45) is 6.32. The van der Waals surface area contributed by atoms with Gasteiger partial charge in [-0.2, -0.15) is 0 Å². The van der Waals surface area contributed by atoms with Gasteiger partial charge in [0.15, 0.2) is 0 Å². The molecule has 0 bridgehead atoms. The van der Waals surface area contributed by atoms with Gasteiger partial charge in [-0.1, -0.05) is 42.3 Å². The zero-order valence-corrected chi connectivity index (χ0v) is 14.5. The maximum Gasteiger partial charge on any atom is 0.127 e. The molecular formula is C18H25BrO2. The molecule has 0 radical (unpaired) electrons. The van der Waals surface area contributed by atoms with Crippen LogP contribution in [0.15, 0.2) is 22.7 Å². The van der Waals surface area contributed by atoms with Gasteiger partial charge < -0.3 is 9.84 Å². The number of halogens is 1. The van der Waals surface area contributed by atoms with Crippen molar-refractivity contribution in [2.75, 3.05) is 0 Å². The zero-order valence-electron chi connectivity index (χ0n) is 12.9. The van der Waals surface area contributed by atoms with Crippen molar-refractivity contribution in [3.63, 3.8) is 0 Å². The average Bonchev–Trinajstić information content (AvgIpc) is 2.37. The SMILES string of the molecule is CC(C)CC1CCCC2(C1)C[C@@H](O)c1ccc(Br)cc1O2. The lowest BCUT2D eigenvalue weighted by atomic mass is 9.71. The first-order valence-electron chi connectivity index (χ1n) is 8.14. The Bertz CT molecular complexity index is 514. The van der Waals surface area contributed by atoms with Crippen LogP contribution in [-0.4, -0.2) is 10.7 Å². The molecule has 1 heterocycles. The molecule has 2 aliphatic rings. The monoisotopic (exact) mass is 352 g/mol. The molecule has 1 aromatic rings. The van der Waals surface area contributed by atoms with E-state index in [2.05, 4.69) is 29.8 Å². The van der Waals surface area contributed by atoms with Crippen LogP contribution in [0.25, 0.3) is 0 Å². The smallest absolute Gasteiger partial charge is 0.127 e. The summed E-state index contributed by atoms with van der Waals surface area (Å²) in [5, 5.41) is 10.5. The number of aliphatic hydroxyl groups is 1. The van der Waals surface area contributed by atoms with Gasteiger partial charge in [0, 0.05) is 16.5 Å². The highest BCUT2D eigenvalue weighted by atomic mass is 79.9. The molecule has 3 atom stereocenters. The summed E-state index contributed by atoms with van der Waals surface area (Å²) in [6.45, 7) is 4.59. The molecule has 3 rings (SSSR count). The molecule has 1 fully saturated rings. The van der Waals surface area contributed by atoms with Gasteiger partial charge in [0.05, 0.1) is 6.10 Å². The summed E-state index contributed by atoms with van der Waals surface area (Å²) in [7, 11) is 0. The molecule has 1 aliphatic heterocycles. The van der Waals surface area contributed by atoms with Crippen LogP contribution >= 0.6 is 15.9 Å². The van der Waals surface area contributed by atoms with Crippen molar-refractivity contribution < 1.29 is 9.84 Å². The summed E-state index contributed by atoms with van der Waals surface area (Å²) < 4.78 is 7.45. The number of hydrogen-bond acceptors (Lipinski definition) is 2. The van der Waals surface area contributed by atoms with E-state index in [4.69, 9.17) is 4.74 Å². The predicted octanol–water partition coefficient (Wildman–Crippen LogP) is 5.24. The molecule has 3 heteroatoms. The summed E-state index contributed by atoms with van der Waals surface area (Å²) in [5.41, 5.74) is 0.792. The van der Waals surface area contributed by atoms with Crippen molar-refractivity contribution in [3.8, 4) is 5.75 Å². The molecule has 2 nitrogen and oxygen atoms in total. The summed E-state index contributed by atoms with van der Waals surface area (Å²) in [4.78, 5) is 0. The second kappa shape index (κ2) is 5.92. The van der Waals surface area contributed by atoms with Crippen molar-refractivity contribution >= 4 is 15.9 Å². The van der Waals surface area contributed by atoms with E-state index in [-0.39, 0.29) is 11.7 Å². The Labute approximate surface area is 136 Å². The molecular weight excluding hydrogens is 328 g/mol. The fourth-order valence-corrected chi connectivity index (χ4v) is 4.54. The Morgan fingerprint density at radius 2 is 2.19 bits per heavy atom. The van der Waals surface area contributed by atoms with Gasteiger partial charge in [-0.25, -0.2) is 0 Å². The van der Waals surface area contributed by atoms with Gasteiger partial charge in [-0.15, -0.1) is 0 Å². The maximum atomic E-state index is 10.5. The van der Waals surface area contributed by atoms with E-state index in [0.29, 0.717) is 0 Å². The summed E-state index contributed by atoms with van der Waals surface area (Å²) in [6, 6.07) is 5.96. The van der Waals surface area contributed by atoms with Crippen LogP contribution in [0, 0.1) is 11.8 Å². The molecule has 0 amide bonds. The molecule has 1 saturated carbocycles. The van der Waals surface area contributed by atoms with E-state index in [1.165, 1.54) is 19.3 Å². The van der Waals surface area contributed by atoms with E-state index >= 15 is 0 Å². The quantitative estimate of drug-likeness (QED) is 0.788. The second-order valence-electron chi connectivity index (χ2n) is 7.28. The minimum atomic E-state index is -0.389. The Morgan fingerprint density at radius 1 is 1.38 bits per heavy atom. The molecule has 1 aromatic carbocycles. The fourth-order valence-electron chi connectivity index (χ4n) is 4.20. The largest absolute Gasteiger partial charge is 0.487 e. The Kier molecular flexibility index (Phi) is 4.33. The van der Waals surface area contributed by atoms with E-state index in [0.717, 1.165) is 46.9 Å². The van der Waals surface area contributed by atoms with Gasteiger partial charge in [0.1, 0.15) is 11.4 Å². The second-order valence-corrected chi connectivity index (χ2v) is 8.19. The lowest BCUT2D eigenvalue weighted by molar-refractivity contribution is -0.0538. The highest BCUT2D eigenvalue weighted by Crippen LogP contribution is 2.48. The van der Waals surface area contributed by atoms with Crippen LogP contribution in [0.3, 0.4) is 0 Å². The van der Waals surface area contributed by atoms with Crippen molar-refractivity contribution in [2.45, 2.75) is 64.1 Å². The third-order valence-electron chi connectivity index (χ3n) is 4.94. The number of fused-ring (bicyclic) bond motifs is 1. The Morgan fingerprint density at radius 3 is 2.95 bits per heavy atom. The lowest BCUT2D eigenvalue weighted by Gasteiger charge is -2.46. The third kappa shape index (κ3) is 3.29. The molecule has 116 valence electrons. The van der Waals surface area contributed by atoms with E-state index in [1.807, 2.05) is 18.2 Å². The molecule has 0 saturated heterocycles. The van der Waals surface area contributed by atoms with Gasteiger partial charge in [0.2, 0.25) is 0 Å². The van der Waals surface area contributed by atoms with E-state index < -0.39 is 0 Å². The van der Waals surface area contributed by atoms with Crippen molar-refractivity contribution in [3.05, 3.63) is 28.2 Å². The maximum absolute atomic E-state index is 10.5. The van der Waals surface area contributed by atoms with Crippen molar-refractivity contribution in [2.24, 2.45) is 11.8 Å². The standard InChI is InChI=1S/C18H25BrO2/c1-12(2)8-13-4-3-7-18(10-13)11-16(20)15-6-5-14(19)9-17(15)21-18/h5-6,9,12-13,16,20H,3-4,7-8,10-11H2,1-2H3/t13?,16-,18?/m1/s1. The number of aliphatic hydroxyl groups excluding tert-OH is 1. The molecule has 2 unspecified atom stereocenters. The van der Waals surface area contributed by atoms with Crippen LogP contribution < -0.4 is 4.74 Å². The summed E-state index contributed by atoms with van der Waals surface area (Å²) in [5.74, 6) is 2.34. The minimum Gasteiger partial charge on any atom is -0.487 e. The van der Waals surface area contributed by atoms with E-state index in [1.54, 1.807) is 0 Å². The molecule has 1 aliphatic carbocycles. The summed E-state index contributed by atoms with van der Waals surface area (Å²) >= 11 is 3.51. The van der Waals surface area contributed by atoms with Crippen LogP contribution in [0.1, 0.15) is 64.0 Å². The first-order valence-corrected chi connectivity index (χ1v) is 8.93. The first-order chi connectivity index (χ1) is 9.97. The van der Waals surface area contributed by atoms with Crippen molar-refractivity contribution in [1.82, 2.24) is 0 Å². The van der Waals surface area contributed by atoms with Gasteiger partial charge in [0.25, 0.3) is 0 Å². The van der Waals surface area contributed by atoms with Crippen LogP contribution in [0.4, 0.5) is 0 Å². The third-order valence-corrected chi connectivity index (χ3v) is 5.43. The van der Waals surface area contributed by atoms with Gasteiger partial charge >= 0.3 is 0 Å². The molecule has 21 heavy (non-hydrogen) atoms. The Balaban J connectivity index is 1.83. The normalized spacial score (nSPS) is 32.0. The lowest BCUT2D eigenvalue weighted by Crippen LogP contribution is -2.45. The highest BCUT2D eigenvalue weighted by molar-refractivity contribution is 9.10. The van der Waals surface area contributed by atoms with Gasteiger partial charge in [-0.3, -0.25) is 0 Å². The Hall–Kier alpha value is -0.540. The van der Waals surface area contributed by atoms with Crippen LogP contribution in [0.5, 0.6) is 5.75 Å². The predicted molar refractivity (Wildman–Crippen MR) is 88.5 cm³/mol. The topological polar surface area (TPSA) is 29.5 Å². The highest BCUT2D eigenvalue weighted by Gasteiger charge is 2.44. The average molecular weight is 353 g/mol. The number of ether oxygens (including phenoxy) is 1. The molecule has 1 N–H and O–H groups in total. The number of rotatable bonds is 2. The van der Waals surface area contributed by atoms with Crippen LogP contribution in [-0.2, 0) is 0 Å². The van der Waals surface area contributed by atoms with E-state index in [9.17, 15) is 5.11 Å². The fraction of sp³-hybridized carbons (Fsp3) is 0.667. The minimum absolute atomic E-state index is 0.148. The number of benzene rings is 1. The van der Waals surface area contributed by atoms with Gasteiger partial charge in [-0.05, 0) is 49.7 Å². The van der Waals surface area contributed by atoms with Crippen molar-refractivity contribution in [1.29, 1.82) is 0 Å². The molecule has 0 aromatic heterocycles. The zero-order chi connectivity index (χ0) is 15.0. The number of hydrogen-bond donors (Lipinski definition) is 1. The first kappa shape index (κ1) is 15.4. The van der Waals surface area contributed by atoms with Crippen LogP contribution in [0.2, 0.25) is 0 Å².